The second kappa shape index (κ2) is 7.16. The van der Waals surface area contributed by atoms with Crippen LogP contribution in [0.25, 0.3) is 0 Å². The van der Waals surface area contributed by atoms with E-state index < -0.39 is 0 Å². The smallest absolute Gasteiger partial charge is 0.124 e. The van der Waals surface area contributed by atoms with E-state index in [1.54, 1.807) is 18.0 Å². The molecule has 0 fully saturated rings. The fourth-order valence-electron chi connectivity index (χ4n) is 1.88. The molecule has 2 aromatic rings. The molecule has 0 aliphatic heterocycles. The summed E-state index contributed by atoms with van der Waals surface area (Å²) in [5.41, 5.74) is 7.92. The fraction of sp³-hybridized carbons (Fsp3) is 0.267. The number of rotatable bonds is 6. The molecule has 3 nitrogen and oxygen atoms in total. The van der Waals surface area contributed by atoms with Crippen molar-refractivity contribution >= 4 is 11.8 Å². The van der Waals surface area contributed by atoms with Crippen LogP contribution in [-0.4, -0.2) is 17.8 Å². The zero-order valence-corrected chi connectivity index (χ0v) is 11.8. The van der Waals surface area contributed by atoms with Crippen LogP contribution in [0.3, 0.4) is 0 Å². The van der Waals surface area contributed by atoms with Gasteiger partial charge in [0.2, 0.25) is 0 Å². The first-order chi connectivity index (χ1) is 9.35. The first-order valence-corrected chi connectivity index (χ1v) is 7.46. The van der Waals surface area contributed by atoms with Crippen molar-refractivity contribution in [1.29, 1.82) is 0 Å². The number of benzene rings is 1. The topological polar surface area (TPSA) is 48.1 Å². The summed E-state index contributed by atoms with van der Waals surface area (Å²) < 4.78 is 5.84. The number of hydrogen-bond acceptors (Lipinski definition) is 4. The molecule has 0 radical (unpaired) electrons. The van der Waals surface area contributed by atoms with Gasteiger partial charge >= 0.3 is 0 Å². The van der Waals surface area contributed by atoms with Gasteiger partial charge < -0.3 is 10.5 Å². The summed E-state index contributed by atoms with van der Waals surface area (Å²) in [5.74, 6) is 0.880. The maximum absolute atomic E-state index is 5.84. The molecule has 100 valence electrons. The largest absolute Gasteiger partial charge is 0.493 e. The van der Waals surface area contributed by atoms with Gasteiger partial charge in [0.25, 0.3) is 0 Å². The van der Waals surface area contributed by atoms with Crippen LogP contribution in [0.15, 0.2) is 47.5 Å². The van der Waals surface area contributed by atoms with Gasteiger partial charge in [-0.3, -0.25) is 4.98 Å². The zero-order valence-electron chi connectivity index (χ0n) is 11.0. The van der Waals surface area contributed by atoms with Crippen LogP contribution in [0, 0.1) is 0 Å². The van der Waals surface area contributed by atoms with Gasteiger partial charge in [-0.25, -0.2) is 0 Å². The Morgan fingerprint density at radius 3 is 2.79 bits per heavy atom. The lowest BCUT2D eigenvalue weighted by atomic mass is 10.2. The van der Waals surface area contributed by atoms with Crippen LogP contribution < -0.4 is 10.5 Å². The molecule has 2 rings (SSSR count). The minimum absolute atomic E-state index is 0.496. The molecule has 4 heteroatoms. The van der Waals surface area contributed by atoms with Gasteiger partial charge in [-0.15, -0.1) is 11.8 Å². The molecular weight excluding hydrogens is 256 g/mol. The van der Waals surface area contributed by atoms with Gasteiger partial charge in [-0.2, -0.15) is 0 Å². The van der Waals surface area contributed by atoms with Crippen molar-refractivity contribution in [2.24, 2.45) is 5.73 Å². The highest BCUT2D eigenvalue weighted by Gasteiger charge is 2.07. The van der Waals surface area contributed by atoms with E-state index in [1.165, 1.54) is 4.90 Å². The second-order valence-electron chi connectivity index (χ2n) is 4.06. The van der Waals surface area contributed by atoms with E-state index in [0.717, 1.165) is 23.4 Å². The molecule has 0 bridgehead atoms. The monoisotopic (exact) mass is 274 g/mol. The molecular formula is C15H18N2OS. The standard InChI is InChI=1S/C15H18N2OS/c1-19-15-7-4-6-14(13(15)11-16)18-10-8-12-5-2-3-9-17-12/h2-7,9H,8,10-11,16H2,1H3. The van der Waals surface area contributed by atoms with Gasteiger partial charge in [0.1, 0.15) is 5.75 Å². The lowest BCUT2D eigenvalue weighted by Gasteiger charge is -2.13. The Hall–Kier alpha value is -1.52. The van der Waals surface area contributed by atoms with Crippen molar-refractivity contribution in [3.05, 3.63) is 53.9 Å². The third-order valence-corrected chi connectivity index (χ3v) is 3.68. The van der Waals surface area contributed by atoms with Crippen molar-refractivity contribution < 1.29 is 4.74 Å². The average molecular weight is 274 g/mol. The Balaban J connectivity index is 2.00. The van der Waals surface area contributed by atoms with Gasteiger partial charge in [0, 0.05) is 35.3 Å². The van der Waals surface area contributed by atoms with Crippen LogP contribution >= 0.6 is 11.8 Å². The average Bonchev–Trinajstić information content (AvgIpc) is 2.48. The van der Waals surface area contributed by atoms with E-state index in [-0.39, 0.29) is 0 Å². The van der Waals surface area contributed by atoms with E-state index in [9.17, 15) is 0 Å². The van der Waals surface area contributed by atoms with Crippen molar-refractivity contribution in [3.63, 3.8) is 0 Å². The maximum atomic E-state index is 5.84. The molecule has 2 N–H and O–H groups in total. The van der Waals surface area contributed by atoms with E-state index in [0.29, 0.717) is 13.2 Å². The van der Waals surface area contributed by atoms with Crippen LogP contribution in [0.5, 0.6) is 5.75 Å². The Bertz CT molecular complexity index is 517. The summed E-state index contributed by atoms with van der Waals surface area (Å²) in [6.45, 7) is 1.11. The number of aromatic nitrogens is 1. The number of pyridine rings is 1. The minimum atomic E-state index is 0.496. The molecule has 1 aromatic heterocycles. The third kappa shape index (κ3) is 3.72. The fourth-order valence-corrected chi connectivity index (χ4v) is 2.53. The second-order valence-corrected chi connectivity index (χ2v) is 4.91. The Morgan fingerprint density at radius 2 is 2.11 bits per heavy atom. The Morgan fingerprint density at radius 1 is 1.21 bits per heavy atom. The summed E-state index contributed by atoms with van der Waals surface area (Å²) in [4.78, 5) is 5.46. The minimum Gasteiger partial charge on any atom is -0.493 e. The van der Waals surface area contributed by atoms with Crippen LogP contribution in [0.4, 0.5) is 0 Å². The quantitative estimate of drug-likeness (QED) is 0.823. The molecule has 0 unspecified atom stereocenters. The number of ether oxygens (including phenoxy) is 1. The SMILES string of the molecule is CSc1cccc(OCCc2ccccn2)c1CN. The molecule has 0 amide bonds. The molecule has 0 saturated carbocycles. The molecule has 19 heavy (non-hydrogen) atoms. The molecule has 0 aliphatic rings. The summed E-state index contributed by atoms with van der Waals surface area (Å²) in [6.07, 6.45) is 4.65. The highest BCUT2D eigenvalue weighted by atomic mass is 32.2. The first-order valence-electron chi connectivity index (χ1n) is 6.24. The molecule has 0 saturated heterocycles. The van der Waals surface area contributed by atoms with Crippen molar-refractivity contribution in [2.45, 2.75) is 17.9 Å². The number of hydrogen-bond donors (Lipinski definition) is 1. The normalized spacial score (nSPS) is 10.4. The third-order valence-electron chi connectivity index (χ3n) is 2.86. The van der Waals surface area contributed by atoms with Crippen LogP contribution in [-0.2, 0) is 13.0 Å². The summed E-state index contributed by atoms with van der Waals surface area (Å²) in [6, 6.07) is 12.0. The highest BCUT2D eigenvalue weighted by Crippen LogP contribution is 2.28. The predicted octanol–water partition coefficient (Wildman–Crippen LogP) is 2.88. The van der Waals surface area contributed by atoms with Crippen LogP contribution in [0.1, 0.15) is 11.3 Å². The van der Waals surface area contributed by atoms with Crippen molar-refractivity contribution in [2.75, 3.05) is 12.9 Å². The van der Waals surface area contributed by atoms with Crippen molar-refractivity contribution in [3.8, 4) is 5.75 Å². The summed E-state index contributed by atoms with van der Waals surface area (Å²) in [5, 5.41) is 0. The molecule has 1 heterocycles. The molecule has 0 spiro atoms. The summed E-state index contributed by atoms with van der Waals surface area (Å²) >= 11 is 1.69. The Labute approximate surface area is 118 Å². The van der Waals surface area contributed by atoms with Crippen molar-refractivity contribution in [1.82, 2.24) is 4.98 Å². The van der Waals surface area contributed by atoms with E-state index in [1.807, 2.05) is 36.6 Å². The first kappa shape index (κ1) is 13.9. The Kier molecular flexibility index (Phi) is 5.24. The molecule has 0 aliphatic carbocycles. The number of thioether (sulfide) groups is 1. The molecule has 0 atom stereocenters. The predicted molar refractivity (Wildman–Crippen MR) is 79.6 cm³/mol. The number of nitrogens with two attached hydrogens (primary N) is 1. The van der Waals surface area contributed by atoms with E-state index in [2.05, 4.69) is 11.1 Å². The van der Waals surface area contributed by atoms with Gasteiger partial charge in [0.15, 0.2) is 0 Å². The van der Waals surface area contributed by atoms with E-state index >= 15 is 0 Å². The number of nitrogens with zero attached hydrogens (tertiary/aromatic N) is 1. The lowest BCUT2D eigenvalue weighted by molar-refractivity contribution is 0.316. The highest BCUT2D eigenvalue weighted by molar-refractivity contribution is 7.98. The molecule has 1 aromatic carbocycles. The van der Waals surface area contributed by atoms with E-state index in [4.69, 9.17) is 10.5 Å². The maximum Gasteiger partial charge on any atom is 0.124 e. The summed E-state index contributed by atoms with van der Waals surface area (Å²) in [7, 11) is 0. The van der Waals surface area contributed by atoms with Gasteiger partial charge in [-0.1, -0.05) is 12.1 Å². The zero-order chi connectivity index (χ0) is 13.5. The lowest BCUT2D eigenvalue weighted by Crippen LogP contribution is -2.07. The van der Waals surface area contributed by atoms with Gasteiger partial charge in [-0.05, 0) is 30.5 Å². The van der Waals surface area contributed by atoms with Crippen LogP contribution in [0.2, 0.25) is 0 Å². The van der Waals surface area contributed by atoms with Gasteiger partial charge in [0.05, 0.1) is 6.61 Å².